The van der Waals surface area contributed by atoms with E-state index in [0.29, 0.717) is 0 Å². The Morgan fingerprint density at radius 1 is 0.579 bits per heavy atom. The maximum Gasteiger partial charge on any atom is 0.0680 e. The van der Waals surface area contributed by atoms with Crippen LogP contribution in [-0.4, -0.2) is 0 Å². The second-order valence-electron chi connectivity index (χ2n) is 9.87. The molecule has 7 rings (SSSR count). The zero-order valence-corrected chi connectivity index (χ0v) is 22.5. The third kappa shape index (κ3) is 3.52. The van der Waals surface area contributed by atoms with Crippen LogP contribution in [0, 0.1) is 0 Å². The van der Waals surface area contributed by atoms with Crippen LogP contribution in [0.5, 0.6) is 0 Å². The summed E-state index contributed by atoms with van der Waals surface area (Å²) in [5.41, 5.74) is 11.1. The van der Waals surface area contributed by atoms with E-state index in [-0.39, 0.29) is 5.41 Å². The molecule has 2 aliphatic rings. The number of fused-ring (bicyclic) bond motifs is 3. The van der Waals surface area contributed by atoms with Crippen molar-refractivity contribution in [3.8, 4) is 11.1 Å². The maximum absolute atomic E-state index is 3.80. The van der Waals surface area contributed by atoms with Gasteiger partial charge in [0, 0.05) is 21.5 Å². The molecule has 0 heterocycles. The van der Waals surface area contributed by atoms with E-state index in [2.05, 4.69) is 166 Å². The Labute approximate surface area is 232 Å². The van der Waals surface area contributed by atoms with Crippen LogP contribution >= 0.6 is 15.9 Å². The minimum absolute atomic E-state index is 0.367. The zero-order valence-electron chi connectivity index (χ0n) is 20.9. The zero-order chi connectivity index (χ0) is 25.5. The van der Waals surface area contributed by atoms with Gasteiger partial charge in [-0.05, 0) is 88.3 Å². The van der Waals surface area contributed by atoms with E-state index in [1.54, 1.807) is 0 Å². The van der Waals surface area contributed by atoms with E-state index in [0.717, 1.165) is 28.0 Å². The number of hydrogen-bond acceptors (Lipinski definition) is 1. The van der Waals surface area contributed by atoms with E-state index >= 15 is 0 Å². The van der Waals surface area contributed by atoms with Crippen LogP contribution in [0.3, 0.4) is 0 Å². The summed E-state index contributed by atoms with van der Waals surface area (Å²) in [6, 6.07) is 46.1. The van der Waals surface area contributed by atoms with Crippen LogP contribution in [0.25, 0.3) is 11.1 Å². The van der Waals surface area contributed by atoms with Gasteiger partial charge in [0.15, 0.2) is 0 Å². The lowest BCUT2D eigenvalue weighted by Gasteiger charge is -2.36. The van der Waals surface area contributed by atoms with Gasteiger partial charge >= 0.3 is 0 Å². The van der Waals surface area contributed by atoms with Gasteiger partial charge in [0.05, 0.1) is 5.41 Å². The molecule has 38 heavy (non-hydrogen) atoms. The second-order valence-corrected chi connectivity index (χ2v) is 10.8. The molecule has 2 aliphatic carbocycles. The molecule has 1 atom stereocenters. The molecule has 0 fully saturated rings. The summed E-state index contributed by atoms with van der Waals surface area (Å²) in [5, 5.41) is 0. The van der Waals surface area contributed by atoms with Crippen LogP contribution in [-0.2, 0) is 5.41 Å². The molecule has 5 aromatic rings. The molecule has 1 nitrogen and oxygen atoms in total. The van der Waals surface area contributed by atoms with Crippen LogP contribution < -0.4 is 4.90 Å². The van der Waals surface area contributed by atoms with E-state index in [1.165, 1.54) is 33.4 Å². The second kappa shape index (κ2) is 9.31. The molecular weight excluding hydrogens is 526 g/mol. The number of hydrogen-bond donors (Lipinski definition) is 0. The molecular formula is C36H26BrN. The van der Waals surface area contributed by atoms with Crippen molar-refractivity contribution < 1.29 is 0 Å². The van der Waals surface area contributed by atoms with Crippen molar-refractivity contribution in [3.63, 3.8) is 0 Å². The van der Waals surface area contributed by atoms with Crippen molar-refractivity contribution in [1.29, 1.82) is 0 Å². The first-order valence-electron chi connectivity index (χ1n) is 13.0. The van der Waals surface area contributed by atoms with Crippen molar-refractivity contribution >= 4 is 33.0 Å². The van der Waals surface area contributed by atoms with Crippen LogP contribution in [0.15, 0.2) is 156 Å². The summed E-state index contributed by atoms with van der Waals surface area (Å²) < 4.78 is 1.10. The molecule has 5 aromatic carbocycles. The largest absolute Gasteiger partial charge is 0.310 e. The van der Waals surface area contributed by atoms with Crippen molar-refractivity contribution in [2.75, 3.05) is 4.90 Å². The normalized spacial score (nSPS) is 17.1. The Balaban J connectivity index is 1.54. The predicted molar refractivity (Wildman–Crippen MR) is 162 cm³/mol. The fourth-order valence-corrected chi connectivity index (χ4v) is 6.64. The first kappa shape index (κ1) is 23.0. The van der Waals surface area contributed by atoms with Crippen LogP contribution in [0.2, 0.25) is 0 Å². The molecule has 0 amide bonds. The van der Waals surface area contributed by atoms with Gasteiger partial charge in [-0.1, -0.05) is 113 Å². The highest BCUT2D eigenvalue weighted by Crippen LogP contribution is 2.59. The van der Waals surface area contributed by atoms with Gasteiger partial charge < -0.3 is 4.90 Å². The number of allylic oxidation sites excluding steroid dienone is 4. The maximum atomic E-state index is 3.80. The minimum Gasteiger partial charge on any atom is -0.310 e. The van der Waals surface area contributed by atoms with Gasteiger partial charge in [0.25, 0.3) is 0 Å². The molecule has 182 valence electrons. The number of benzene rings is 5. The van der Waals surface area contributed by atoms with Gasteiger partial charge in [0.2, 0.25) is 0 Å². The fourth-order valence-electron chi connectivity index (χ4n) is 6.28. The highest BCUT2D eigenvalue weighted by molar-refractivity contribution is 9.10. The summed E-state index contributed by atoms with van der Waals surface area (Å²) in [6.07, 6.45) is 7.75. The van der Waals surface area contributed by atoms with E-state index in [9.17, 15) is 0 Å². The first-order chi connectivity index (χ1) is 18.8. The molecule has 1 unspecified atom stereocenters. The monoisotopic (exact) mass is 551 g/mol. The minimum atomic E-state index is -0.367. The Bertz CT molecular complexity index is 1650. The number of nitrogens with zero attached hydrogens (tertiary/aromatic N) is 1. The smallest absolute Gasteiger partial charge is 0.0680 e. The van der Waals surface area contributed by atoms with Gasteiger partial charge in [-0.15, -0.1) is 0 Å². The topological polar surface area (TPSA) is 3.24 Å². The lowest BCUT2D eigenvalue weighted by atomic mass is 9.67. The lowest BCUT2D eigenvalue weighted by molar-refractivity contribution is 0.731. The summed E-state index contributed by atoms with van der Waals surface area (Å²) in [7, 11) is 0. The molecule has 0 aromatic heterocycles. The van der Waals surface area contributed by atoms with E-state index in [4.69, 9.17) is 0 Å². The molecule has 2 heteroatoms. The SMILES string of the molecule is Brc1ccc2c(c1)C(C1=CC=CC1)(c1ccccc1)c1cc(N(c3ccccc3)c3ccccc3)ccc1-2. The number of anilines is 3. The highest BCUT2D eigenvalue weighted by atomic mass is 79.9. The Kier molecular flexibility index (Phi) is 5.64. The molecule has 0 bridgehead atoms. The number of para-hydroxylation sites is 2. The van der Waals surface area contributed by atoms with Gasteiger partial charge in [-0.3, -0.25) is 0 Å². The summed E-state index contributed by atoms with van der Waals surface area (Å²) in [6.45, 7) is 0. The third-order valence-electron chi connectivity index (χ3n) is 7.83. The van der Waals surface area contributed by atoms with E-state index < -0.39 is 0 Å². The standard InChI is InChI=1S/C36H26BrN/c37-28-20-22-32-33-23-21-31(38(29-16-6-2-7-17-29)30-18-8-3-9-19-30)25-35(33)36(34(32)24-28,27-14-10-11-15-27)26-12-4-1-5-13-26/h1-14,16-25H,15H2. The summed E-state index contributed by atoms with van der Waals surface area (Å²) in [4.78, 5) is 2.36. The van der Waals surface area contributed by atoms with Crippen LogP contribution in [0.1, 0.15) is 23.1 Å². The van der Waals surface area contributed by atoms with Crippen molar-refractivity contribution in [3.05, 3.63) is 172 Å². The highest BCUT2D eigenvalue weighted by Gasteiger charge is 2.47. The quantitative estimate of drug-likeness (QED) is 0.210. The molecule has 0 saturated heterocycles. The predicted octanol–water partition coefficient (Wildman–Crippen LogP) is 10.1. The van der Waals surface area contributed by atoms with Gasteiger partial charge in [0.1, 0.15) is 0 Å². The Morgan fingerprint density at radius 3 is 1.76 bits per heavy atom. The fraction of sp³-hybridized carbons (Fsp3) is 0.0556. The van der Waals surface area contributed by atoms with E-state index in [1.807, 2.05) is 0 Å². The first-order valence-corrected chi connectivity index (χ1v) is 13.8. The summed E-state index contributed by atoms with van der Waals surface area (Å²) >= 11 is 3.80. The Morgan fingerprint density at radius 2 is 1.16 bits per heavy atom. The average molecular weight is 553 g/mol. The van der Waals surface area contributed by atoms with Gasteiger partial charge in [-0.2, -0.15) is 0 Å². The molecule has 0 spiro atoms. The lowest BCUT2D eigenvalue weighted by Crippen LogP contribution is -2.29. The number of halogens is 1. The van der Waals surface area contributed by atoms with Crippen LogP contribution in [0.4, 0.5) is 17.1 Å². The van der Waals surface area contributed by atoms with Crippen molar-refractivity contribution in [2.45, 2.75) is 11.8 Å². The van der Waals surface area contributed by atoms with Gasteiger partial charge in [-0.25, -0.2) is 0 Å². The van der Waals surface area contributed by atoms with Crippen molar-refractivity contribution in [1.82, 2.24) is 0 Å². The number of rotatable bonds is 5. The summed E-state index contributed by atoms with van der Waals surface area (Å²) in [5.74, 6) is 0. The molecule has 0 saturated carbocycles. The van der Waals surface area contributed by atoms with Crippen molar-refractivity contribution in [2.24, 2.45) is 0 Å². The molecule has 0 N–H and O–H groups in total. The molecule has 0 aliphatic heterocycles. The Hall–Kier alpha value is -4.14. The average Bonchev–Trinajstić information content (AvgIpc) is 3.60. The molecule has 0 radical (unpaired) electrons. The third-order valence-corrected chi connectivity index (χ3v) is 8.32.